The van der Waals surface area contributed by atoms with Gasteiger partial charge in [-0.2, -0.15) is 0 Å². The smallest absolute Gasteiger partial charge is 0.161 e. The van der Waals surface area contributed by atoms with Crippen LogP contribution in [0.4, 0.5) is 5.82 Å². The van der Waals surface area contributed by atoms with E-state index >= 15 is 0 Å². The van der Waals surface area contributed by atoms with Gasteiger partial charge < -0.3 is 19.9 Å². The fourth-order valence-corrected chi connectivity index (χ4v) is 3.45. The number of hydrogen-bond acceptors (Lipinski definition) is 6. The van der Waals surface area contributed by atoms with E-state index in [2.05, 4.69) is 21.9 Å². The Morgan fingerprint density at radius 2 is 1.90 bits per heavy atom. The number of aromatic nitrogens is 2. The quantitative estimate of drug-likeness (QED) is 0.391. The van der Waals surface area contributed by atoms with Crippen molar-refractivity contribution in [3.8, 4) is 17.2 Å². The minimum absolute atomic E-state index is 0.123. The number of hydrogen-bond donors (Lipinski definition) is 2. The standard InChI is InChI=1S/C25H23N3O3/c1-3-15-31-20-12-10-18(16-21(20)30-2)23(28-22-8-4-5-13-26-22)19-11-9-17-7-6-14-27-24(17)25(19)29/h3-14,16,23,29H,1,15H2,2H3,(H,26,28)/t23-/m1/s1. The Labute approximate surface area is 180 Å². The van der Waals surface area contributed by atoms with Crippen LogP contribution in [0.3, 0.4) is 0 Å². The SMILES string of the molecule is C=CCOc1ccc([C@@H](Nc2ccccn2)c2ccc3cccnc3c2O)cc1OC. The lowest BCUT2D eigenvalue weighted by Gasteiger charge is -2.23. The molecule has 0 aliphatic rings. The van der Waals surface area contributed by atoms with Crippen LogP contribution in [0, 0.1) is 0 Å². The number of pyridine rings is 2. The van der Waals surface area contributed by atoms with Gasteiger partial charge in [-0.1, -0.05) is 43.0 Å². The van der Waals surface area contributed by atoms with Crippen molar-refractivity contribution in [3.05, 3.63) is 96.8 Å². The van der Waals surface area contributed by atoms with Gasteiger partial charge in [0.25, 0.3) is 0 Å². The highest BCUT2D eigenvalue weighted by Crippen LogP contribution is 2.39. The third kappa shape index (κ3) is 4.28. The van der Waals surface area contributed by atoms with E-state index in [1.54, 1.807) is 25.6 Å². The molecule has 0 aliphatic heterocycles. The molecule has 0 radical (unpaired) electrons. The molecule has 0 unspecified atom stereocenters. The summed E-state index contributed by atoms with van der Waals surface area (Å²) in [6.45, 7) is 4.06. The van der Waals surface area contributed by atoms with Gasteiger partial charge in [0.15, 0.2) is 11.5 Å². The summed E-state index contributed by atoms with van der Waals surface area (Å²) in [4.78, 5) is 8.75. The lowest BCUT2D eigenvalue weighted by molar-refractivity contribution is 0.326. The number of phenolic OH excluding ortho intramolecular Hbond substituents is 1. The van der Waals surface area contributed by atoms with Crippen molar-refractivity contribution >= 4 is 16.7 Å². The molecule has 4 rings (SSSR count). The van der Waals surface area contributed by atoms with Crippen molar-refractivity contribution in [1.82, 2.24) is 9.97 Å². The van der Waals surface area contributed by atoms with Crippen LogP contribution in [0.1, 0.15) is 17.2 Å². The molecule has 0 saturated carbocycles. The van der Waals surface area contributed by atoms with Crippen LogP contribution in [0.5, 0.6) is 17.2 Å². The summed E-state index contributed by atoms with van der Waals surface area (Å²) < 4.78 is 11.2. The maximum atomic E-state index is 11.1. The number of benzene rings is 2. The zero-order chi connectivity index (χ0) is 21.6. The van der Waals surface area contributed by atoms with Gasteiger partial charge in [0.2, 0.25) is 0 Å². The molecular formula is C25H23N3O3. The number of nitrogens with zero attached hydrogens (tertiary/aromatic N) is 2. The molecule has 0 spiro atoms. The van der Waals surface area contributed by atoms with E-state index in [9.17, 15) is 5.11 Å². The number of phenols is 1. The molecule has 6 nitrogen and oxygen atoms in total. The van der Waals surface area contributed by atoms with Gasteiger partial charge in [0.05, 0.1) is 13.2 Å². The summed E-state index contributed by atoms with van der Waals surface area (Å²) in [7, 11) is 1.60. The highest BCUT2D eigenvalue weighted by molar-refractivity contribution is 5.86. The largest absolute Gasteiger partial charge is 0.505 e. The van der Waals surface area contributed by atoms with Crippen LogP contribution >= 0.6 is 0 Å². The number of fused-ring (bicyclic) bond motifs is 1. The molecular weight excluding hydrogens is 390 g/mol. The number of nitrogens with one attached hydrogen (secondary N) is 1. The van der Waals surface area contributed by atoms with Crippen LogP contribution in [-0.4, -0.2) is 28.8 Å². The molecule has 0 fully saturated rings. The summed E-state index contributed by atoms with van der Waals surface area (Å²) in [6, 6.07) is 18.5. The minimum Gasteiger partial charge on any atom is -0.505 e. The first-order valence-corrected chi connectivity index (χ1v) is 9.87. The second kappa shape index (κ2) is 9.17. The Morgan fingerprint density at radius 3 is 2.68 bits per heavy atom. The molecule has 0 saturated heterocycles. The summed E-state index contributed by atoms with van der Waals surface area (Å²) in [5.74, 6) is 2.01. The summed E-state index contributed by atoms with van der Waals surface area (Å²) in [6.07, 6.45) is 5.06. The zero-order valence-electron chi connectivity index (χ0n) is 17.2. The molecule has 2 N–H and O–H groups in total. The highest BCUT2D eigenvalue weighted by atomic mass is 16.5. The molecule has 0 aliphatic carbocycles. The van der Waals surface area contributed by atoms with Gasteiger partial charge in [0.1, 0.15) is 23.7 Å². The monoisotopic (exact) mass is 413 g/mol. The maximum Gasteiger partial charge on any atom is 0.161 e. The topological polar surface area (TPSA) is 76.5 Å². The molecule has 2 aromatic carbocycles. The van der Waals surface area contributed by atoms with E-state index in [1.807, 2.05) is 60.7 Å². The molecule has 0 amide bonds. The minimum atomic E-state index is -0.399. The van der Waals surface area contributed by atoms with Crippen molar-refractivity contribution in [2.75, 3.05) is 19.0 Å². The van der Waals surface area contributed by atoms with Gasteiger partial charge in [-0.15, -0.1) is 0 Å². The van der Waals surface area contributed by atoms with E-state index in [1.165, 1.54) is 0 Å². The Morgan fingerprint density at radius 1 is 1.03 bits per heavy atom. The highest BCUT2D eigenvalue weighted by Gasteiger charge is 2.22. The molecule has 2 heterocycles. The second-order valence-electron chi connectivity index (χ2n) is 6.88. The van der Waals surface area contributed by atoms with Crippen LogP contribution in [0.2, 0.25) is 0 Å². The third-order valence-electron chi connectivity index (χ3n) is 4.92. The van der Waals surface area contributed by atoms with Crippen LogP contribution in [0.15, 0.2) is 85.7 Å². The number of aromatic hydroxyl groups is 1. The summed E-state index contributed by atoms with van der Waals surface area (Å²) >= 11 is 0. The summed E-state index contributed by atoms with van der Waals surface area (Å²) in [5, 5.41) is 15.4. The Hall–Kier alpha value is -4.06. The number of methoxy groups -OCH3 is 1. The Kier molecular flexibility index (Phi) is 5.98. The lowest BCUT2D eigenvalue weighted by atomic mass is 9.95. The van der Waals surface area contributed by atoms with E-state index in [0.717, 1.165) is 10.9 Å². The van der Waals surface area contributed by atoms with Crippen LogP contribution in [0.25, 0.3) is 10.9 Å². The number of ether oxygens (including phenoxy) is 2. The Balaban J connectivity index is 1.82. The molecule has 4 aromatic rings. The molecule has 0 bridgehead atoms. The van der Waals surface area contributed by atoms with Gasteiger partial charge in [-0.05, 0) is 35.9 Å². The Bertz CT molecular complexity index is 1200. The zero-order valence-corrected chi connectivity index (χ0v) is 17.2. The van der Waals surface area contributed by atoms with Gasteiger partial charge >= 0.3 is 0 Å². The maximum absolute atomic E-state index is 11.1. The predicted molar refractivity (Wildman–Crippen MR) is 122 cm³/mol. The van der Waals surface area contributed by atoms with E-state index in [0.29, 0.717) is 35.0 Å². The first-order valence-electron chi connectivity index (χ1n) is 9.87. The lowest BCUT2D eigenvalue weighted by Crippen LogP contribution is -2.14. The number of rotatable bonds is 8. The van der Waals surface area contributed by atoms with Crippen molar-refractivity contribution in [3.63, 3.8) is 0 Å². The molecule has 6 heteroatoms. The average molecular weight is 413 g/mol. The molecule has 156 valence electrons. The van der Waals surface area contributed by atoms with Crippen LogP contribution in [-0.2, 0) is 0 Å². The molecule has 31 heavy (non-hydrogen) atoms. The fourth-order valence-electron chi connectivity index (χ4n) is 3.45. The van der Waals surface area contributed by atoms with Crippen molar-refractivity contribution in [2.45, 2.75) is 6.04 Å². The van der Waals surface area contributed by atoms with Crippen molar-refractivity contribution in [1.29, 1.82) is 0 Å². The van der Waals surface area contributed by atoms with E-state index in [-0.39, 0.29) is 5.75 Å². The van der Waals surface area contributed by atoms with E-state index < -0.39 is 6.04 Å². The van der Waals surface area contributed by atoms with Crippen molar-refractivity contribution in [2.24, 2.45) is 0 Å². The predicted octanol–water partition coefficient (Wildman–Crippen LogP) is 5.11. The first kappa shape index (κ1) is 20.2. The first-order chi connectivity index (χ1) is 15.2. The van der Waals surface area contributed by atoms with E-state index in [4.69, 9.17) is 9.47 Å². The van der Waals surface area contributed by atoms with Gasteiger partial charge in [-0.25, -0.2) is 4.98 Å². The van der Waals surface area contributed by atoms with Gasteiger partial charge in [0, 0.05) is 23.3 Å². The average Bonchev–Trinajstić information content (AvgIpc) is 2.82. The molecule has 1 atom stereocenters. The summed E-state index contributed by atoms with van der Waals surface area (Å²) in [5.41, 5.74) is 2.10. The fraction of sp³-hybridized carbons (Fsp3) is 0.120. The number of anilines is 1. The third-order valence-corrected chi connectivity index (χ3v) is 4.92. The van der Waals surface area contributed by atoms with Crippen molar-refractivity contribution < 1.29 is 14.6 Å². The normalized spacial score (nSPS) is 11.6. The van der Waals surface area contributed by atoms with Gasteiger partial charge in [-0.3, -0.25) is 4.98 Å². The second-order valence-corrected chi connectivity index (χ2v) is 6.88. The van der Waals surface area contributed by atoms with Crippen LogP contribution < -0.4 is 14.8 Å². The molecule has 2 aromatic heterocycles.